The van der Waals surface area contributed by atoms with Crippen molar-refractivity contribution in [3.8, 4) is 5.75 Å². The number of hydrogen-bond acceptors (Lipinski definition) is 6. The fourth-order valence-electron chi connectivity index (χ4n) is 3.28. The van der Waals surface area contributed by atoms with Crippen molar-refractivity contribution >= 4 is 16.1 Å². The van der Waals surface area contributed by atoms with Crippen molar-refractivity contribution in [1.82, 2.24) is 5.32 Å². The normalized spacial score (nSPS) is 12.3. The second kappa shape index (κ2) is 11.6. The summed E-state index contributed by atoms with van der Waals surface area (Å²) >= 11 is 0. The molecule has 0 fully saturated rings. The molecule has 1 atom stereocenters. The Bertz CT molecular complexity index is 1110. The summed E-state index contributed by atoms with van der Waals surface area (Å²) in [6.45, 7) is 4.76. The molecule has 6 nitrogen and oxygen atoms in total. The lowest BCUT2D eigenvalue weighted by atomic mass is 9.99. The zero-order chi connectivity index (χ0) is 23.7. The smallest absolute Gasteiger partial charge is 0.339 e. The van der Waals surface area contributed by atoms with E-state index >= 15 is 0 Å². The molecule has 0 radical (unpaired) electrons. The molecule has 0 aliphatic rings. The highest BCUT2D eigenvalue weighted by atomic mass is 32.2. The van der Waals surface area contributed by atoms with Gasteiger partial charge in [-0.25, -0.2) is 0 Å². The van der Waals surface area contributed by atoms with Crippen LogP contribution >= 0.6 is 0 Å². The Labute approximate surface area is 195 Å². The monoisotopic (exact) mass is 467 g/mol. The molecule has 1 unspecified atom stereocenters. The van der Waals surface area contributed by atoms with Gasteiger partial charge in [0.25, 0.3) is 0 Å². The summed E-state index contributed by atoms with van der Waals surface area (Å²) in [6.07, 6.45) is 0.257. The van der Waals surface area contributed by atoms with Crippen molar-refractivity contribution in [1.29, 1.82) is 0 Å². The molecule has 0 spiro atoms. The van der Waals surface area contributed by atoms with Crippen molar-refractivity contribution in [2.24, 2.45) is 5.92 Å². The zero-order valence-electron chi connectivity index (χ0n) is 18.8. The summed E-state index contributed by atoms with van der Waals surface area (Å²) < 4.78 is 35.5. The maximum atomic E-state index is 12.6. The Kier molecular flexibility index (Phi) is 8.63. The Morgan fingerprint density at radius 2 is 1.45 bits per heavy atom. The van der Waals surface area contributed by atoms with Crippen LogP contribution in [0.25, 0.3) is 0 Å². The quantitative estimate of drug-likeness (QED) is 0.333. The van der Waals surface area contributed by atoms with Crippen LogP contribution in [0, 0.1) is 5.92 Å². The molecule has 0 heterocycles. The van der Waals surface area contributed by atoms with E-state index in [2.05, 4.69) is 5.32 Å². The average Bonchev–Trinajstić information content (AvgIpc) is 2.80. The van der Waals surface area contributed by atoms with Crippen LogP contribution in [0.4, 0.5) is 0 Å². The van der Waals surface area contributed by atoms with Gasteiger partial charge in [0, 0.05) is 13.1 Å². The lowest BCUT2D eigenvalue weighted by Crippen LogP contribution is -2.32. The van der Waals surface area contributed by atoms with Gasteiger partial charge in [-0.05, 0) is 55.7 Å². The minimum atomic E-state index is -3.90. The third-order valence-corrected chi connectivity index (χ3v) is 6.15. The largest absolute Gasteiger partial charge is 0.463 e. The molecule has 0 aliphatic carbocycles. The van der Waals surface area contributed by atoms with Crippen molar-refractivity contribution in [2.45, 2.75) is 37.8 Å². The topological polar surface area (TPSA) is 81.7 Å². The molecule has 0 aliphatic heterocycles. The third-order valence-electron chi connectivity index (χ3n) is 4.89. The molecule has 3 rings (SSSR count). The minimum Gasteiger partial charge on any atom is -0.463 e. The van der Waals surface area contributed by atoms with Gasteiger partial charge in [0.2, 0.25) is 0 Å². The third kappa shape index (κ3) is 7.73. The summed E-state index contributed by atoms with van der Waals surface area (Å²) in [5.74, 6) is -0.431. The average molecular weight is 468 g/mol. The predicted octanol–water partition coefficient (Wildman–Crippen LogP) is 4.35. The first-order valence-corrected chi connectivity index (χ1v) is 12.3. The molecule has 3 aromatic rings. The Morgan fingerprint density at radius 3 is 2.06 bits per heavy atom. The van der Waals surface area contributed by atoms with Gasteiger partial charge in [-0.1, -0.05) is 60.7 Å². The van der Waals surface area contributed by atoms with Crippen LogP contribution in [0.2, 0.25) is 0 Å². The first kappa shape index (κ1) is 24.5. The molecule has 0 aromatic heterocycles. The van der Waals surface area contributed by atoms with Crippen LogP contribution in [-0.2, 0) is 32.6 Å². The first-order chi connectivity index (χ1) is 15.8. The van der Waals surface area contributed by atoms with Gasteiger partial charge in [-0.2, -0.15) is 8.42 Å². The van der Waals surface area contributed by atoms with E-state index < -0.39 is 10.1 Å². The van der Waals surface area contributed by atoms with Crippen LogP contribution < -0.4 is 9.50 Å². The Balaban J connectivity index is 1.64. The predicted molar refractivity (Wildman–Crippen MR) is 127 cm³/mol. The molecule has 3 aromatic carbocycles. The number of benzene rings is 3. The van der Waals surface area contributed by atoms with E-state index in [-0.39, 0.29) is 28.6 Å². The summed E-state index contributed by atoms with van der Waals surface area (Å²) in [4.78, 5) is 12.7. The van der Waals surface area contributed by atoms with Crippen molar-refractivity contribution in [2.75, 3.05) is 6.54 Å². The molecular weight excluding hydrogens is 438 g/mol. The minimum absolute atomic E-state index is 0.0926. The SMILES string of the molecule is CC(C)OC(=O)C(CNCc1ccccc1)Cc1ccc(OS(=O)(=O)c2ccccc2)cc1. The highest BCUT2D eigenvalue weighted by Gasteiger charge is 2.22. The zero-order valence-corrected chi connectivity index (χ0v) is 19.6. The lowest BCUT2D eigenvalue weighted by Gasteiger charge is -2.19. The standard InChI is InChI=1S/C26H29NO5S/c1-20(2)31-26(28)23(19-27-18-22-9-5-3-6-10-22)17-21-13-15-24(16-14-21)32-33(29,30)25-11-7-4-8-12-25/h3-16,20,23,27H,17-19H2,1-2H3. The maximum absolute atomic E-state index is 12.6. The van der Waals surface area contributed by atoms with Crippen LogP contribution in [0.15, 0.2) is 89.8 Å². The van der Waals surface area contributed by atoms with E-state index in [9.17, 15) is 13.2 Å². The molecule has 0 saturated carbocycles. The number of ether oxygens (including phenoxy) is 1. The van der Waals surface area contributed by atoms with Gasteiger partial charge >= 0.3 is 16.1 Å². The number of rotatable bonds is 11. The van der Waals surface area contributed by atoms with E-state index in [1.807, 2.05) is 44.2 Å². The number of hydrogen-bond donors (Lipinski definition) is 1. The molecule has 7 heteroatoms. The molecular formula is C26H29NO5S. The molecule has 1 N–H and O–H groups in total. The van der Waals surface area contributed by atoms with Crippen molar-refractivity contribution in [3.05, 3.63) is 96.1 Å². The number of nitrogens with one attached hydrogen (secondary N) is 1. The van der Waals surface area contributed by atoms with Crippen LogP contribution in [-0.4, -0.2) is 27.0 Å². The number of carbonyl (C=O) groups excluding carboxylic acids is 1. The van der Waals surface area contributed by atoms with Gasteiger partial charge in [-0.3, -0.25) is 4.79 Å². The summed E-state index contributed by atoms with van der Waals surface area (Å²) in [7, 11) is -3.90. The van der Waals surface area contributed by atoms with E-state index in [0.717, 1.165) is 11.1 Å². The van der Waals surface area contributed by atoms with Gasteiger partial charge in [-0.15, -0.1) is 0 Å². The van der Waals surface area contributed by atoms with Crippen LogP contribution in [0.5, 0.6) is 5.75 Å². The highest BCUT2D eigenvalue weighted by Crippen LogP contribution is 2.21. The molecule has 0 amide bonds. The molecule has 174 valence electrons. The maximum Gasteiger partial charge on any atom is 0.339 e. The lowest BCUT2D eigenvalue weighted by molar-refractivity contribution is -0.152. The van der Waals surface area contributed by atoms with Gasteiger partial charge in [0.05, 0.1) is 12.0 Å². The first-order valence-electron chi connectivity index (χ1n) is 10.9. The van der Waals surface area contributed by atoms with Crippen LogP contribution in [0.1, 0.15) is 25.0 Å². The van der Waals surface area contributed by atoms with Gasteiger partial charge < -0.3 is 14.2 Å². The summed E-state index contributed by atoms with van der Waals surface area (Å²) in [5, 5.41) is 3.33. The summed E-state index contributed by atoms with van der Waals surface area (Å²) in [5.41, 5.74) is 2.02. The fourth-order valence-corrected chi connectivity index (χ4v) is 4.23. The second-order valence-electron chi connectivity index (χ2n) is 8.00. The Morgan fingerprint density at radius 1 is 0.848 bits per heavy atom. The van der Waals surface area contributed by atoms with E-state index in [1.54, 1.807) is 42.5 Å². The summed E-state index contributed by atoms with van der Waals surface area (Å²) in [6, 6.07) is 24.7. The van der Waals surface area contributed by atoms with Crippen LogP contribution in [0.3, 0.4) is 0 Å². The molecule has 0 bridgehead atoms. The molecule has 0 saturated heterocycles. The number of esters is 1. The van der Waals surface area contributed by atoms with E-state index in [4.69, 9.17) is 8.92 Å². The Hall–Kier alpha value is -3.16. The fraction of sp³-hybridized carbons (Fsp3) is 0.269. The van der Waals surface area contributed by atoms with E-state index in [1.165, 1.54) is 12.1 Å². The molecule has 33 heavy (non-hydrogen) atoms. The highest BCUT2D eigenvalue weighted by molar-refractivity contribution is 7.87. The van der Waals surface area contributed by atoms with Crippen molar-refractivity contribution in [3.63, 3.8) is 0 Å². The van der Waals surface area contributed by atoms with Crippen molar-refractivity contribution < 1.29 is 22.1 Å². The van der Waals surface area contributed by atoms with E-state index in [0.29, 0.717) is 19.5 Å². The second-order valence-corrected chi connectivity index (χ2v) is 9.54. The van der Waals surface area contributed by atoms with Gasteiger partial charge in [0.1, 0.15) is 10.6 Å². The van der Waals surface area contributed by atoms with Gasteiger partial charge in [0.15, 0.2) is 0 Å². The number of carbonyl (C=O) groups is 1.